The monoisotopic (exact) mass is 236 g/mol. The van der Waals surface area contributed by atoms with Gasteiger partial charge in [0.2, 0.25) is 0 Å². The first kappa shape index (κ1) is 12.7. The summed E-state index contributed by atoms with van der Waals surface area (Å²) in [6, 6.07) is 0. The first-order chi connectivity index (χ1) is 7.74. The van der Waals surface area contributed by atoms with Crippen LogP contribution >= 0.6 is 0 Å². The summed E-state index contributed by atoms with van der Waals surface area (Å²) in [5, 5.41) is 0. The van der Waals surface area contributed by atoms with Crippen molar-refractivity contribution in [3.05, 3.63) is 11.6 Å². The molecule has 2 aliphatic rings. The summed E-state index contributed by atoms with van der Waals surface area (Å²) in [4.78, 5) is 11.5. The van der Waals surface area contributed by atoms with Crippen molar-refractivity contribution in [3.63, 3.8) is 0 Å². The Morgan fingerprint density at radius 2 is 1.94 bits per heavy atom. The van der Waals surface area contributed by atoms with Crippen molar-refractivity contribution < 1.29 is 9.53 Å². The first-order valence-electron chi connectivity index (χ1n) is 6.60. The number of allylic oxidation sites excluding steroid dienone is 1. The molecule has 2 unspecified atom stereocenters. The fraction of sp³-hybridized carbons (Fsp3) is 0.800. The van der Waals surface area contributed by atoms with E-state index < -0.39 is 0 Å². The second-order valence-electron chi connectivity index (χ2n) is 6.86. The molecule has 2 atom stereocenters. The highest BCUT2D eigenvalue weighted by atomic mass is 16.5. The summed E-state index contributed by atoms with van der Waals surface area (Å²) in [6.07, 6.45) is 5.10. The van der Waals surface area contributed by atoms with E-state index in [1.165, 1.54) is 12.0 Å². The van der Waals surface area contributed by atoms with Crippen LogP contribution in [0, 0.1) is 16.2 Å². The smallest absolute Gasteiger partial charge is 0.330 e. The Morgan fingerprint density at radius 1 is 1.29 bits per heavy atom. The average Bonchev–Trinajstić information content (AvgIpc) is 2.35. The van der Waals surface area contributed by atoms with Crippen molar-refractivity contribution in [2.75, 3.05) is 6.61 Å². The highest BCUT2D eigenvalue weighted by molar-refractivity contribution is 5.83. The second-order valence-corrected chi connectivity index (χ2v) is 6.86. The van der Waals surface area contributed by atoms with E-state index in [-0.39, 0.29) is 5.97 Å². The minimum atomic E-state index is -0.172. The lowest BCUT2D eigenvalue weighted by atomic mass is 9.40. The lowest BCUT2D eigenvalue weighted by molar-refractivity contribution is -0.156. The zero-order chi connectivity index (χ0) is 12.9. The second kappa shape index (κ2) is 3.60. The first-order valence-corrected chi connectivity index (χ1v) is 6.60. The van der Waals surface area contributed by atoms with E-state index in [0.29, 0.717) is 22.9 Å². The van der Waals surface area contributed by atoms with Crippen LogP contribution in [0.5, 0.6) is 0 Å². The molecule has 0 aromatic heterocycles. The van der Waals surface area contributed by atoms with Crippen LogP contribution in [-0.2, 0) is 9.53 Å². The van der Waals surface area contributed by atoms with Crippen LogP contribution in [0.3, 0.4) is 0 Å². The third kappa shape index (κ3) is 1.64. The molecule has 17 heavy (non-hydrogen) atoms. The Labute approximate surface area is 104 Å². The van der Waals surface area contributed by atoms with Crippen molar-refractivity contribution in [3.8, 4) is 0 Å². The third-order valence-electron chi connectivity index (χ3n) is 5.46. The summed E-state index contributed by atoms with van der Waals surface area (Å²) >= 11 is 0. The van der Waals surface area contributed by atoms with Gasteiger partial charge < -0.3 is 4.74 Å². The van der Waals surface area contributed by atoms with Gasteiger partial charge in [0, 0.05) is 6.08 Å². The van der Waals surface area contributed by atoms with Crippen LogP contribution in [-0.4, -0.2) is 12.6 Å². The molecule has 2 saturated carbocycles. The van der Waals surface area contributed by atoms with Crippen molar-refractivity contribution >= 4 is 5.97 Å². The summed E-state index contributed by atoms with van der Waals surface area (Å²) in [5.41, 5.74) is 2.40. The number of ether oxygens (including phenoxy) is 1. The van der Waals surface area contributed by atoms with Crippen molar-refractivity contribution in [1.29, 1.82) is 0 Å². The van der Waals surface area contributed by atoms with Gasteiger partial charge in [-0.15, -0.1) is 0 Å². The zero-order valence-corrected chi connectivity index (χ0v) is 11.7. The molecule has 96 valence electrons. The van der Waals surface area contributed by atoms with E-state index in [0.717, 1.165) is 12.8 Å². The molecular weight excluding hydrogens is 212 g/mol. The molecule has 2 nitrogen and oxygen atoms in total. The molecule has 0 saturated heterocycles. The number of hydrogen-bond acceptors (Lipinski definition) is 2. The zero-order valence-electron chi connectivity index (χ0n) is 11.7. The summed E-state index contributed by atoms with van der Waals surface area (Å²) in [7, 11) is 0. The SMILES string of the molecule is CCOC(=O)/C=C1\CC2(C)CC(C)(C)C2(C)C1. The molecule has 0 amide bonds. The number of hydrogen-bond donors (Lipinski definition) is 0. The van der Waals surface area contributed by atoms with E-state index in [1.54, 1.807) is 6.08 Å². The van der Waals surface area contributed by atoms with E-state index in [4.69, 9.17) is 4.74 Å². The Bertz CT molecular complexity index is 380. The molecule has 0 aliphatic heterocycles. The van der Waals surface area contributed by atoms with E-state index >= 15 is 0 Å². The molecule has 0 aromatic carbocycles. The Morgan fingerprint density at radius 3 is 2.41 bits per heavy atom. The molecular formula is C15H24O2. The summed E-state index contributed by atoms with van der Waals surface area (Å²) < 4.78 is 5.00. The van der Waals surface area contributed by atoms with Crippen LogP contribution < -0.4 is 0 Å². The highest BCUT2D eigenvalue weighted by Gasteiger charge is 2.67. The largest absolute Gasteiger partial charge is 0.463 e. The van der Waals surface area contributed by atoms with E-state index in [2.05, 4.69) is 27.7 Å². The van der Waals surface area contributed by atoms with Gasteiger partial charge in [-0.3, -0.25) is 0 Å². The topological polar surface area (TPSA) is 26.3 Å². The third-order valence-corrected chi connectivity index (χ3v) is 5.46. The number of rotatable bonds is 2. The highest BCUT2D eigenvalue weighted by Crippen LogP contribution is 2.75. The number of carbonyl (C=O) groups excluding carboxylic acids is 1. The predicted molar refractivity (Wildman–Crippen MR) is 68.6 cm³/mol. The number of esters is 1. The van der Waals surface area contributed by atoms with Gasteiger partial charge in [-0.05, 0) is 42.4 Å². The van der Waals surface area contributed by atoms with Gasteiger partial charge in [-0.25, -0.2) is 4.79 Å². The van der Waals surface area contributed by atoms with Crippen LogP contribution in [0.4, 0.5) is 0 Å². The van der Waals surface area contributed by atoms with Gasteiger partial charge in [0.1, 0.15) is 0 Å². The van der Waals surface area contributed by atoms with Crippen molar-refractivity contribution in [2.45, 2.75) is 53.9 Å². The lowest BCUT2D eigenvalue weighted by Gasteiger charge is -2.64. The molecule has 0 N–H and O–H groups in total. The quantitative estimate of drug-likeness (QED) is 0.539. The molecule has 0 heterocycles. The fourth-order valence-corrected chi connectivity index (χ4v) is 4.26. The standard InChI is InChI=1S/C15H24O2/c1-6-17-12(16)7-11-8-14(4)10-13(2,3)15(14,5)9-11/h7H,6,8-10H2,1-5H3/b11-7+. The maximum atomic E-state index is 11.5. The minimum Gasteiger partial charge on any atom is -0.463 e. The molecule has 0 radical (unpaired) electrons. The van der Waals surface area contributed by atoms with Crippen LogP contribution in [0.2, 0.25) is 0 Å². The van der Waals surface area contributed by atoms with Crippen LogP contribution in [0.15, 0.2) is 11.6 Å². The van der Waals surface area contributed by atoms with Gasteiger partial charge in [-0.2, -0.15) is 0 Å². The molecule has 2 heteroatoms. The van der Waals surface area contributed by atoms with Gasteiger partial charge in [0.15, 0.2) is 0 Å². The molecule has 2 aliphatic carbocycles. The number of fused-ring (bicyclic) bond motifs is 1. The Kier molecular flexibility index (Phi) is 2.68. The van der Waals surface area contributed by atoms with Crippen molar-refractivity contribution in [2.24, 2.45) is 16.2 Å². The van der Waals surface area contributed by atoms with Crippen LogP contribution in [0.25, 0.3) is 0 Å². The van der Waals surface area contributed by atoms with Crippen LogP contribution in [0.1, 0.15) is 53.9 Å². The summed E-state index contributed by atoms with van der Waals surface area (Å²) in [6.45, 7) is 11.7. The van der Waals surface area contributed by atoms with E-state index in [1.807, 2.05) is 6.92 Å². The molecule has 2 fully saturated rings. The maximum absolute atomic E-state index is 11.5. The van der Waals surface area contributed by atoms with E-state index in [9.17, 15) is 4.79 Å². The molecule has 0 spiro atoms. The molecule has 0 aromatic rings. The lowest BCUT2D eigenvalue weighted by Crippen LogP contribution is -2.57. The van der Waals surface area contributed by atoms with Crippen molar-refractivity contribution in [1.82, 2.24) is 0 Å². The Balaban J connectivity index is 2.17. The van der Waals surface area contributed by atoms with Gasteiger partial charge in [-0.1, -0.05) is 33.3 Å². The summed E-state index contributed by atoms with van der Waals surface area (Å²) in [5.74, 6) is -0.172. The maximum Gasteiger partial charge on any atom is 0.330 e. The fourth-order valence-electron chi connectivity index (χ4n) is 4.26. The van der Waals surface area contributed by atoms with Gasteiger partial charge in [0.25, 0.3) is 0 Å². The van der Waals surface area contributed by atoms with Gasteiger partial charge in [0.05, 0.1) is 6.61 Å². The predicted octanol–water partition coefficient (Wildman–Crippen LogP) is 3.71. The molecule has 0 bridgehead atoms. The van der Waals surface area contributed by atoms with Gasteiger partial charge >= 0.3 is 5.97 Å². The molecule has 2 rings (SSSR count). The number of carbonyl (C=O) groups is 1. The average molecular weight is 236 g/mol. The normalized spacial score (nSPS) is 40.9. The minimum absolute atomic E-state index is 0.172. The Hall–Kier alpha value is -0.790.